The second kappa shape index (κ2) is 11.1. The van der Waals surface area contributed by atoms with Gasteiger partial charge in [-0.05, 0) is 46.5 Å². The number of fused-ring (bicyclic) bond motifs is 1. The van der Waals surface area contributed by atoms with Crippen molar-refractivity contribution in [2.24, 2.45) is 0 Å². The summed E-state index contributed by atoms with van der Waals surface area (Å²) >= 11 is 1.70. The fourth-order valence-electron chi connectivity index (χ4n) is 4.36. The van der Waals surface area contributed by atoms with E-state index < -0.39 is 5.41 Å². The van der Waals surface area contributed by atoms with Crippen molar-refractivity contribution in [3.63, 3.8) is 0 Å². The Balaban J connectivity index is 1.60. The largest absolute Gasteiger partial charge is 0.324 e. The van der Waals surface area contributed by atoms with E-state index in [9.17, 15) is 4.79 Å². The summed E-state index contributed by atoms with van der Waals surface area (Å²) in [7, 11) is 0. The molecule has 0 aliphatic carbocycles. The number of hydrogen-bond acceptors (Lipinski definition) is 2. The maximum absolute atomic E-state index is 13.9. The molecule has 0 spiro atoms. The van der Waals surface area contributed by atoms with Gasteiger partial charge in [0.15, 0.2) is 0 Å². The lowest BCUT2D eigenvalue weighted by atomic mass is 9.77. The summed E-state index contributed by atoms with van der Waals surface area (Å²) in [5.74, 6) is 7.23. The van der Waals surface area contributed by atoms with Crippen molar-refractivity contribution in [2.45, 2.75) is 49.8 Å². The molecule has 1 atom stereocenters. The highest BCUT2D eigenvalue weighted by Crippen LogP contribution is 2.32. The summed E-state index contributed by atoms with van der Waals surface area (Å²) in [5.41, 5.74) is 2.24. The van der Waals surface area contributed by atoms with Crippen molar-refractivity contribution in [1.29, 1.82) is 0 Å². The lowest BCUT2D eigenvalue weighted by Gasteiger charge is -2.27. The maximum Gasteiger partial charge on any atom is 0.247 e. The summed E-state index contributed by atoms with van der Waals surface area (Å²) in [6.45, 7) is 8.69. The quantitative estimate of drug-likeness (QED) is 0.217. The van der Waals surface area contributed by atoms with E-state index in [1.807, 2.05) is 67.6 Å². The lowest BCUT2D eigenvalue weighted by molar-refractivity contribution is -0.119. The number of anilines is 1. The summed E-state index contributed by atoms with van der Waals surface area (Å²) in [6, 6.07) is 32.7. The molecule has 1 amide bonds. The molecule has 0 saturated heterocycles. The van der Waals surface area contributed by atoms with Crippen molar-refractivity contribution in [2.75, 3.05) is 11.1 Å². The second-order valence-electron chi connectivity index (χ2n) is 9.97. The molecule has 0 radical (unpaired) electrons. The Labute approximate surface area is 219 Å². The molecule has 4 aromatic carbocycles. The van der Waals surface area contributed by atoms with Gasteiger partial charge < -0.3 is 5.32 Å². The predicted molar refractivity (Wildman–Crippen MR) is 155 cm³/mol. The molecule has 3 heteroatoms. The highest BCUT2D eigenvalue weighted by atomic mass is 32.2. The van der Waals surface area contributed by atoms with Crippen LogP contribution in [0.3, 0.4) is 0 Å². The molecule has 0 unspecified atom stereocenters. The van der Waals surface area contributed by atoms with E-state index in [4.69, 9.17) is 0 Å². The van der Waals surface area contributed by atoms with Gasteiger partial charge >= 0.3 is 0 Å². The molecule has 0 bridgehead atoms. The van der Waals surface area contributed by atoms with Crippen molar-refractivity contribution in [3.8, 4) is 11.8 Å². The minimum absolute atomic E-state index is 0.0976. The summed E-state index contributed by atoms with van der Waals surface area (Å²) in [4.78, 5) is 15.1. The number of thioether (sulfide) groups is 1. The van der Waals surface area contributed by atoms with Crippen LogP contribution >= 0.6 is 11.8 Å². The van der Waals surface area contributed by atoms with Crippen molar-refractivity contribution >= 4 is 34.1 Å². The number of benzene rings is 4. The molecule has 0 aliphatic rings. The standard InChI is InChI=1S/C33H33NOS/c1-5-33(27-15-7-6-8-16-27,23-12-24-36-28-21-19-26(20-22-28)32(2,3)4)31(35)34-30-18-11-14-25-13-9-10-17-29(25)30/h6-11,13-22H,5,24H2,1-4H3,(H,34,35)/t33-/m1/s1. The van der Waals surface area contributed by atoms with E-state index in [-0.39, 0.29) is 11.3 Å². The van der Waals surface area contributed by atoms with Gasteiger partial charge in [0.1, 0.15) is 5.41 Å². The van der Waals surface area contributed by atoms with Gasteiger partial charge in [0.25, 0.3) is 0 Å². The molecule has 4 aromatic rings. The van der Waals surface area contributed by atoms with E-state index in [1.54, 1.807) is 11.8 Å². The molecule has 0 fully saturated rings. The van der Waals surface area contributed by atoms with E-state index in [2.05, 4.69) is 74.3 Å². The third kappa shape index (κ3) is 5.66. The highest BCUT2D eigenvalue weighted by molar-refractivity contribution is 7.99. The Hall–Kier alpha value is -3.48. The van der Waals surface area contributed by atoms with Gasteiger partial charge in [-0.1, -0.05) is 118 Å². The van der Waals surface area contributed by atoms with E-state index in [0.717, 1.165) is 22.0 Å². The summed E-state index contributed by atoms with van der Waals surface area (Å²) in [5, 5.41) is 5.32. The first-order chi connectivity index (χ1) is 17.3. The Morgan fingerprint density at radius 2 is 1.47 bits per heavy atom. The zero-order chi connectivity index (χ0) is 25.6. The monoisotopic (exact) mass is 491 g/mol. The van der Waals surface area contributed by atoms with Gasteiger partial charge in [-0.15, -0.1) is 11.8 Å². The Morgan fingerprint density at radius 1 is 0.806 bits per heavy atom. The second-order valence-corrected chi connectivity index (χ2v) is 11.0. The fraction of sp³-hybridized carbons (Fsp3) is 0.242. The molecule has 0 aliphatic heterocycles. The van der Waals surface area contributed by atoms with Crippen LogP contribution in [0.1, 0.15) is 45.2 Å². The zero-order valence-corrected chi connectivity index (χ0v) is 22.3. The fourth-order valence-corrected chi connectivity index (χ4v) is 5.00. The zero-order valence-electron chi connectivity index (χ0n) is 21.5. The normalized spacial score (nSPS) is 12.9. The molecule has 4 rings (SSSR count). The minimum atomic E-state index is -0.936. The molecule has 36 heavy (non-hydrogen) atoms. The highest BCUT2D eigenvalue weighted by Gasteiger charge is 2.37. The van der Waals surface area contributed by atoms with Gasteiger partial charge in [0.2, 0.25) is 5.91 Å². The summed E-state index contributed by atoms with van der Waals surface area (Å²) < 4.78 is 0. The van der Waals surface area contributed by atoms with Crippen LogP contribution in [-0.2, 0) is 15.6 Å². The van der Waals surface area contributed by atoms with Gasteiger partial charge in [-0.2, -0.15) is 0 Å². The van der Waals surface area contributed by atoms with Crippen LogP contribution in [0, 0.1) is 11.8 Å². The molecule has 0 aromatic heterocycles. The Morgan fingerprint density at radius 3 is 2.17 bits per heavy atom. The van der Waals surface area contributed by atoms with Crippen LogP contribution in [0.5, 0.6) is 0 Å². The first-order valence-electron chi connectivity index (χ1n) is 12.4. The van der Waals surface area contributed by atoms with Crippen LogP contribution in [0.2, 0.25) is 0 Å². The van der Waals surface area contributed by atoms with Crippen molar-refractivity contribution in [1.82, 2.24) is 0 Å². The number of carbonyl (C=O) groups is 1. The van der Waals surface area contributed by atoms with Crippen LogP contribution in [0.15, 0.2) is 102 Å². The molecule has 182 valence electrons. The minimum Gasteiger partial charge on any atom is -0.324 e. The number of carbonyl (C=O) groups excluding carboxylic acids is 1. The lowest BCUT2D eigenvalue weighted by Crippen LogP contribution is -2.39. The maximum atomic E-state index is 13.9. The SMILES string of the molecule is CC[C@](C#CCSc1ccc(C(C)(C)C)cc1)(C(=O)Nc1cccc2ccccc12)c1ccccc1. The Kier molecular flexibility index (Phi) is 7.87. The van der Waals surface area contributed by atoms with Gasteiger partial charge in [0, 0.05) is 16.0 Å². The van der Waals surface area contributed by atoms with E-state index in [0.29, 0.717) is 12.2 Å². The average Bonchev–Trinajstić information content (AvgIpc) is 2.89. The smallest absolute Gasteiger partial charge is 0.247 e. The average molecular weight is 492 g/mol. The molecule has 0 saturated carbocycles. The molecule has 2 nitrogen and oxygen atoms in total. The van der Waals surface area contributed by atoms with Crippen molar-refractivity contribution < 1.29 is 4.79 Å². The van der Waals surface area contributed by atoms with Gasteiger partial charge in [-0.3, -0.25) is 4.79 Å². The number of hydrogen-bond donors (Lipinski definition) is 1. The van der Waals surface area contributed by atoms with Crippen LogP contribution < -0.4 is 5.32 Å². The molecular weight excluding hydrogens is 458 g/mol. The van der Waals surface area contributed by atoms with Crippen LogP contribution in [-0.4, -0.2) is 11.7 Å². The first-order valence-corrected chi connectivity index (χ1v) is 13.4. The molecule has 1 N–H and O–H groups in total. The number of rotatable bonds is 6. The third-order valence-electron chi connectivity index (χ3n) is 6.56. The third-order valence-corrected chi connectivity index (χ3v) is 7.45. The van der Waals surface area contributed by atoms with Crippen molar-refractivity contribution in [3.05, 3.63) is 108 Å². The van der Waals surface area contributed by atoms with E-state index in [1.165, 1.54) is 10.5 Å². The van der Waals surface area contributed by atoms with Gasteiger partial charge in [0.05, 0.1) is 5.75 Å². The topological polar surface area (TPSA) is 29.1 Å². The molecular formula is C33H33NOS. The number of nitrogens with one attached hydrogen (secondary N) is 1. The Bertz CT molecular complexity index is 1390. The van der Waals surface area contributed by atoms with E-state index >= 15 is 0 Å². The van der Waals surface area contributed by atoms with Crippen LogP contribution in [0.25, 0.3) is 10.8 Å². The van der Waals surface area contributed by atoms with Gasteiger partial charge in [-0.25, -0.2) is 0 Å². The summed E-state index contributed by atoms with van der Waals surface area (Å²) in [6.07, 6.45) is 0.575. The van der Waals surface area contributed by atoms with Crippen LogP contribution in [0.4, 0.5) is 5.69 Å². The molecule has 0 heterocycles. The first kappa shape index (κ1) is 25.6. The predicted octanol–water partition coefficient (Wildman–Crippen LogP) is 8.22. The number of amides is 1.